The van der Waals surface area contributed by atoms with Crippen LogP contribution in [0.3, 0.4) is 0 Å². The van der Waals surface area contributed by atoms with Crippen molar-refractivity contribution in [2.75, 3.05) is 32.7 Å². The summed E-state index contributed by atoms with van der Waals surface area (Å²) in [6, 6.07) is 4.89. The first-order valence-corrected chi connectivity index (χ1v) is 10.5. The molecule has 134 valence electrons. The van der Waals surface area contributed by atoms with Gasteiger partial charge in [-0.15, -0.1) is 0 Å². The largest absolute Gasteiger partial charge is 0.339 e. The average Bonchev–Trinajstić information content (AvgIpc) is 3.32. The summed E-state index contributed by atoms with van der Waals surface area (Å²) < 4.78 is 35.6. The number of benzene rings is 1. The summed E-state index contributed by atoms with van der Waals surface area (Å²) in [5, 5.41) is 3.20. The maximum atomic E-state index is 13.0. The van der Waals surface area contributed by atoms with Crippen molar-refractivity contribution < 1.29 is 13.2 Å². The first-order chi connectivity index (χ1) is 12.1. The van der Waals surface area contributed by atoms with E-state index in [1.807, 2.05) is 0 Å². The number of fused-ring (bicyclic) bond motifs is 1. The molecule has 2 aromatic rings. The second kappa shape index (κ2) is 6.60. The van der Waals surface area contributed by atoms with E-state index in [0.29, 0.717) is 37.2 Å². The summed E-state index contributed by atoms with van der Waals surface area (Å²) in [5.74, 6) is 0.0837. The van der Waals surface area contributed by atoms with E-state index in [0.717, 1.165) is 31.1 Å². The number of rotatable bonds is 3. The van der Waals surface area contributed by atoms with Crippen LogP contribution in [0.2, 0.25) is 0 Å². The Kier molecular flexibility index (Phi) is 4.44. The molecule has 0 saturated carbocycles. The van der Waals surface area contributed by atoms with Crippen molar-refractivity contribution in [2.45, 2.75) is 23.8 Å². The minimum absolute atomic E-state index is 0.0837. The Morgan fingerprint density at radius 3 is 2.72 bits per heavy atom. The Morgan fingerprint density at radius 1 is 1.20 bits per heavy atom. The van der Waals surface area contributed by atoms with E-state index >= 15 is 0 Å². The molecule has 1 aromatic heterocycles. The summed E-state index contributed by atoms with van der Waals surface area (Å²) in [6.45, 7) is 2.31. The molecule has 25 heavy (non-hydrogen) atoms. The number of nitrogens with one attached hydrogen (secondary N) is 1. The van der Waals surface area contributed by atoms with Crippen molar-refractivity contribution in [3.63, 3.8) is 0 Å². The third-order valence-corrected chi connectivity index (χ3v) is 7.25. The number of hydrogen-bond acceptors (Lipinski definition) is 7. The predicted octanol–water partition coefficient (Wildman–Crippen LogP) is 0.276. The number of aromatic nitrogens is 2. The van der Waals surface area contributed by atoms with Crippen LogP contribution in [0, 0.1) is 0 Å². The summed E-state index contributed by atoms with van der Waals surface area (Å²) >= 11 is 1.01. The zero-order valence-electron chi connectivity index (χ0n) is 13.6. The van der Waals surface area contributed by atoms with E-state index in [4.69, 9.17) is 0 Å². The summed E-state index contributed by atoms with van der Waals surface area (Å²) in [4.78, 5) is 14.4. The van der Waals surface area contributed by atoms with E-state index in [1.54, 1.807) is 23.1 Å². The van der Waals surface area contributed by atoms with Gasteiger partial charge in [-0.3, -0.25) is 4.79 Å². The van der Waals surface area contributed by atoms with E-state index in [1.165, 1.54) is 4.31 Å². The molecule has 1 amide bonds. The van der Waals surface area contributed by atoms with Gasteiger partial charge in [0.05, 0.1) is 17.8 Å². The first-order valence-electron chi connectivity index (χ1n) is 8.31. The molecule has 8 nitrogen and oxygen atoms in total. The van der Waals surface area contributed by atoms with E-state index in [2.05, 4.69) is 14.1 Å². The van der Waals surface area contributed by atoms with Gasteiger partial charge in [0.2, 0.25) is 15.9 Å². The lowest BCUT2D eigenvalue weighted by Gasteiger charge is -2.35. The number of carbonyl (C=O) groups excluding carboxylic acids is 1. The van der Waals surface area contributed by atoms with Gasteiger partial charge in [-0.05, 0) is 31.5 Å². The van der Waals surface area contributed by atoms with Crippen molar-refractivity contribution >= 4 is 38.7 Å². The molecule has 4 rings (SSSR count). The lowest BCUT2D eigenvalue weighted by Crippen LogP contribution is -2.54. The molecule has 3 heterocycles. The summed E-state index contributed by atoms with van der Waals surface area (Å²) in [7, 11) is -3.64. The zero-order valence-corrected chi connectivity index (χ0v) is 15.2. The normalized spacial score (nSPS) is 22.6. The van der Waals surface area contributed by atoms with E-state index < -0.39 is 10.0 Å². The number of nitrogens with zero attached hydrogens (tertiary/aromatic N) is 4. The fourth-order valence-corrected chi connectivity index (χ4v) is 5.57. The molecule has 1 aromatic carbocycles. The molecule has 0 spiro atoms. The van der Waals surface area contributed by atoms with Gasteiger partial charge in [0.15, 0.2) is 0 Å². The van der Waals surface area contributed by atoms with Crippen molar-refractivity contribution in [1.29, 1.82) is 0 Å². The Morgan fingerprint density at radius 2 is 2.00 bits per heavy atom. The minimum atomic E-state index is -3.64. The van der Waals surface area contributed by atoms with Gasteiger partial charge in [-0.2, -0.15) is 13.1 Å². The van der Waals surface area contributed by atoms with Crippen LogP contribution in [-0.4, -0.2) is 71.0 Å². The van der Waals surface area contributed by atoms with Crippen molar-refractivity contribution in [1.82, 2.24) is 23.3 Å². The standard InChI is InChI=1S/C15H19N5O3S2/c21-15(12-4-2-6-16-12)19-7-9-20(10-8-19)25(22,23)13-5-1-3-11-14(13)18-24-17-11/h1,3,5,12,16H,2,4,6-10H2. The van der Waals surface area contributed by atoms with Gasteiger partial charge in [0.25, 0.3) is 0 Å². The highest BCUT2D eigenvalue weighted by atomic mass is 32.2. The number of piperazine rings is 1. The lowest BCUT2D eigenvalue weighted by atomic mass is 10.2. The third-order valence-electron chi connectivity index (χ3n) is 4.78. The fraction of sp³-hybridized carbons (Fsp3) is 0.533. The molecular weight excluding hydrogens is 362 g/mol. The van der Waals surface area contributed by atoms with Crippen LogP contribution < -0.4 is 5.32 Å². The lowest BCUT2D eigenvalue weighted by molar-refractivity contribution is -0.134. The smallest absolute Gasteiger partial charge is 0.245 e. The summed E-state index contributed by atoms with van der Waals surface area (Å²) in [6.07, 6.45) is 1.87. The number of hydrogen-bond donors (Lipinski definition) is 1. The van der Waals surface area contributed by atoms with Crippen LogP contribution >= 0.6 is 11.7 Å². The van der Waals surface area contributed by atoms with Crippen molar-refractivity contribution in [2.24, 2.45) is 0 Å². The molecule has 2 aliphatic rings. The second-order valence-corrected chi connectivity index (χ2v) is 8.70. The van der Waals surface area contributed by atoms with Gasteiger partial charge in [0, 0.05) is 26.2 Å². The van der Waals surface area contributed by atoms with Crippen LogP contribution in [0.5, 0.6) is 0 Å². The Hall–Kier alpha value is -1.62. The molecule has 0 aliphatic carbocycles. The summed E-state index contributed by atoms with van der Waals surface area (Å²) in [5.41, 5.74) is 1.01. The van der Waals surface area contributed by atoms with Crippen molar-refractivity contribution in [3.8, 4) is 0 Å². The Bertz CT molecular complexity index is 883. The SMILES string of the molecule is O=C(C1CCCN1)N1CCN(S(=O)(=O)c2cccc3nsnc23)CC1. The van der Waals surface area contributed by atoms with E-state index in [-0.39, 0.29) is 16.8 Å². The molecule has 1 atom stereocenters. The van der Waals surface area contributed by atoms with Crippen LogP contribution in [0.4, 0.5) is 0 Å². The maximum absolute atomic E-state index is 13.0. The van der Waals surface area contributed by atoms with Crippen LogP contribution in [0.15, 0.2) is 23.1 Å². The monoisotopic (exact) mass is 381 g/mol. The second-order valence-electron chi connectivity index (χ2n) is 6.27. The Balaban J connectivity index is 1.50. The quantitative estimate of drug-likeness (QED) is 0.820. The van der Waals surface area contributed by atoms with Gasteiger partial charge < -0.3 is 10.2 Å². The predicted molar refractivity (Wildman–Crippen MR) is 93.8 cm³/mol. The average molecular weight is 381 g/mol. The van der Waals surface area contributed by atoms with Crippen LogP contribution in [0.25, 0.3) is 11.0 Å². The molecule has 2 saturated heterocycles. The molecular formula is C15H19N5O3S2. The number of carbonyl (C=O) groups is 1. The van der Waals surface area contributed by atoms with Gasteiger partial charge in [0.1, 0.15) is 15.9 Å². The van der Waals surface area contributed by atoms with Gasteiger partial charge in [-0.1, -0.05) is 6.07 Å². The maximum Gasteiger partial charge on any atom is 0.245 e. The van der Waals surface area contributed by atoms with Crippen LogP contribution in [-0.2, 0) is 14.8 Å². The van der Waals surface area contributed by atoms with E-state index in [9.17, 15) is 13.2 Å². The number of sulfonamides is 1. The highest BCUT2D eigenvalue weighted by molar-refractivity contribution is 7.89. The van der Waals surface area contributed by atoms with Crippen LogP contribution in [0.1, 0.15) is 12.8 Å². The molecule has 1 unspecified atom stereocenters. The molecule has 1 N–H and O–H groups in total. The molecule has 0 bridgehead atoms. The zero-order chi connectivity index (χ0) is 17.4. The fourth-order valence-electron chi connectivity index (χ4n) is 3.39. The topological polar surface area (TPSA) is 95.5 Å². The third kappa shape index (κ3) is 3.03. The van der Waals surface area contributed by atoms with Gasteiger partial charge in [-0.25, -0.2) is 8.42 Å². The van der Waals surface area contributed by atoms with Gasteiger partial charge >= 0.3 is 0 Å². The molecule has 2 aliphatic heterocycles. The highest BCUT2D eigenvalue weighted by Crippen LogP contribution is 2.25. The first kappa shape index (κ1) is 16.8. The minimum Gasteiger partial charge on any atom is -0.339 e. The van der Waals surface area contributed by atoms with Crippen molar-refractivity contribution in [3.05, 3.63) is 18.2 Å². The Labute approximate surface area is 150 Å². The number of amides is 1. The molecule has 0 radical (unpaired) electrons. The molecule has 10 heteroatoms. The highest BCUT2D eigenvalue weighted by Gasteiger charge is 2.34. The molecule has 2 fully saturated rings.